The summed E-state index contributed by atoms with van der Waals surface area (Å²) in [5.41, 5.74) is 5.90. The van der Waals surface area contributed by atoms with Crippen LogP contribution in [0.15, 0.2) is 17.1 Å². The zero-order chi connectivity index (χ0) is 24.7. The first kappa shape index (κ1) is 24.1. The first-order valence-electron chi connectivity index (χ1n) is 12.9. The normalized spacial score (nSPS) is 22.9. The molecule has 35 heavy (non-hydrogen) atoms. The second kappa shape index (κ2) is 9.82. The van der Waals surface area contributed by atoms with Crippen molar-refractivity contribution in [2.45, 2.75) is 58.9 Å². The molecule has 8 heteroatoms. The van der Waals surface area contributed by atoms with Gasteiger partial charge in [-0.25, -0.2) is 4.39 Å². The van der Waals surface area contributed by atoms with Gasteiger partial charge >= 0.3 is 0 Å². The molecule has 1 saturated heterocycles. The van der Waals surface area contributed by atoms with Crippen LogP contribution in [0, 0.1) is 24.6 Å². The van der Waals surface area contributed by atoms with Gasteiger partial charge in [0.25, 0.3) is 0 Å². The molecule has 2 aromatic rings. The second-order valence-electron chi connectivity index (χ2n) is 10.3. The Balaban J connectivity index is 1.45. The number of fused-ring (bicyclic) bond motifs is 2. The first-order chi connectivity index (χ1) is 16.9. The standard InChI is InChI=1S/C27H36FN5O2/c1-5-6-23(26-21-12-18-11-19(18)13-25(21)30-31-26)29-24-15-20(14-22(28)16(24)2)32(4)27(34)17(3)33-7-9-35-10-8-33/h14-15,17-19H,5-13H2,1-4H3,(H,30,31)/t17-,18?,19?/m0/s1. The van der Waals surface area contributed by atoms with E-state index in [-0.39, 0.29) is 17.8 Å². The van der Waals surface area contributed by atoms with Crippen molar-refractivity contribution in [1.82, 2.24) is 15.1 Å². The summed E-state index contributed by atoms with van der Waals surface area (Å²) in [6.45, 7) is 8.44. The molecule has 5 rings (SSSR count). The van der Waals surface area contributed by atoms with Gasteiger partial charge < -0.3 is 9.64 Å². The van der Waals surface area contributed by atoms with Gasteiger partial charge in [0, 0.05) is 42.6 Å². The molecule has 2 fully saturated rings. The average molecular weight is 482 g/mol. The summed E-state index contributed by atoms with van der Waals surface area (Å²) in [5, 5.41) is 7.90. The van der Waals surface area contributed by atoms with Crippen molar-refractivity contribution in [2.24, 2.45) is 16.8 Å². The van der Waals surface area contributed by atoms with Crippen LogP contribution in [-0.4, -0.2) is 66.1 Å². The summed E-state index contributed by atoms with van der Waals surface area (Å²) in [7, 11) is 1.71. The maximum atomic E-state index is 15.1. The molecule has 2 unspecified atom stereocenters. The molecule has 0 radical (unpaired) electrons. The van der Waals surface area contributed by atoms with Gasteiger partial charge in [-0.15, -0.1) is 0 Å². The number of likely N-dealkylation sites (N-methyl/N-ethyl adjacent to an activating group) is 1. The van der Waals surface area contributed by atoms with Crippen LogP contribution in [0.25, 0.3) is 0 Å². The van der Waals surface area contributed by atoms with Crippen molar-refractivity contribution in [2.75, 3.05) is 38.3 Å². The lowest BCUT2D eigenvalue weighted by atomic mass is 9.93. The van der Waals surface area contributed by atoms with Crippen molar-refractivity contribution in [3.05, 3.63) is 40.5 Å². The maximum Gasteiger partial charge on any atom is 0.243 e. The molecule has 1 saturated carbocycles. The van der Waals surface area contributed by atoms with Crippen LogP contribution in [0.5, 0.6) is 0 Å². The summed E-state index contributed by atoms with van der Waals surface area (Å²) in [6, 6.07) is 2.95. The predicted octanol–water partition coefficient (Wildman–Crippen LogP) is 4.20. The fraction of sp³-hybridized carbons (Fsp3) is 0.593. The van der Waals surface area contributed by atoms with Gasteiger partial charge in [0.05, 0.1) is 30.7 Å². The van der Waals surface area contributed by atoms with Crippen molar-refractivity contribution in [3.8, 4) is 0 Å². The van der Waals surface area contributed by atoms with Crippen LogP contribution in [0.1, 0.15) is 55.6 Å². The number of amides is 1. The molecule has 1 aromatic carbocycles. The molecule has 1 aromatic heterocycles. The van der Waals surface area contributed by atoms with E-state index in [0.29, 0.717) is 43.2 Å². The number of halogens is 1. The molecular weight excluding hydrogens is 445 g/mol. The van der Waals surface area contributed by atoms with E-state index in [2.05, 4.69) is 22.0 Å². The molecule has 2 heterocycles. The minimum Gasteiger partial charge on any atom is -0.379 e. The van der Waals surface area contributed by atoms with Crippen LogP contribution < -0.4 is 4.90 Å². The van der Waals surface area contributed by atoms with Gasteiger partial charge in [-0.05, 0) is 63.5 Å². The highest BCUT2D eigenvalue weighted by Gasteiger charge is 2.43. The van der Waals surface area contributed by atoms with Crippen LogP contribution in [0.2, 0.25) is 0 Å². The number of aromatic nitrogens is 2. The van der Waals surface area contributed by atoms with Crippen molar-refractivity contribution in [3.63, 3.8) is 0 Å². The number of rotatable bonds is 7. The summed E-state index contributed by atoms with van der Waals surface area (Å²) in [5.74, 6) is 1.15. The Kier molecular flexibility index (Phi) is 6.77. The van der Waals surface area contributed by atoms with Crippen LogP contribution >= 0.6 is 0 Å². The van der Waals surface area contributed by atoms with E-state index < -0.39 is 0 Å². The molecule has 3 atom stereocenters. The fourth-order valence-electron chi connectivity index (χ4n) is 5.46. The Morgan fingerprint density at radius 2 is 2.06 bits per heavy atom. The highest BCUT2D eigenvalue weighted by molar-refractivity contribution is 6.02. The molecule has 188 valence electrons. The van der Waals surface area contributed by atoms with Crippen molar-refractivity contribution in [1.29, 1.82) is 0 Å². The van der Waals surface area contributed by atoms with Gasteiger partial charge in [0.1, 0.15) is 11.5 Å². The SMILES string of the molecule is CCCC(=Nc1cc(N(C)C(=O)[C@H](C)N2CCOCC2)cc(F)c1C)c1n[nH]c2c1CC1CC1C2. The van der Waals surface area contributed by atoms with Crippen LogP contribution in [0.3, 0.4) is 0 Å². The third kappa shape index (κ3) is 4.78. The Hall–Kier alpha value is -2.58. The number of aromatic amines is 1. The van der Waals surface area contributed by atoms with E-state index in [1.54, 1.807) is 18.9 Å². The smallest absolute Gasteiger partial charge is 0.243 e. The topological polar surface area (TPSA) is 73.8 Å². The van der Waals surface area contributed by atoms with E-state index in [1.165, 1.54) is 23.7 Å². The minimum absolute atomic E-state index is 0.0702. The molecule has 3 aliphatic rings. The largest absolute Gasteiger partial charge is 0.379 e. The lowest BCUT2D eigenvalue weighted by molar-refractivity contribution is -0.124. The number of ether oxygens (including phenoxy) is 1. The quantitative estimate of drug-likeness (QED) is 0.602. The lowest BCUT2D eigenvalue weighted by Gasteiger charge is -2.33. The molecule has 1 amide bonds. The Morgan fingerprint density at radius 1 is 1.31 bits per heavy atom. The number of hydrogen-bond acceptors (Lipinski definition) is 5. The fourth-order valence-corrected chi connectivity index (χ4v) is 5.46. The molecule has 0 bridgehead atoms. The van der Waals surface area contributed by atoms with E-state index >= 15 is 4.39 Å². The van der Waals surface area contributed by atoms with E-state index in [1.807, 2.05) is 13.0 Å². The zero-order valence-corrected chi connectivity index (χ0v) is 21.2. The van der Waals surface area contributed by atoms with E-state index in [4.69, 9.17) is 9.73 Å². The number of aliphatic imine (C=N–C) groups is 1. The minimum atomic E-state index is -0.361. The Labute approximate surface area is 206 Å². The molecule has 1 N–H and O–H groups in total. The number of H-pyrrole nitrogens is 1. The molecule has 1 aliphatic heterocycles. The highest BCUT2D eigenvalue weighted by atomic mass is 19.1. The molecule has 0 spiro atoms. The summed E-state index contributed by atoms with van der Waals surface area (Å²) < 4.78 is 20.5. The molecular formula is C27H36FN5O2. The zero-order valence-electron chi connectivity index (χ0n) is 21.2. The van der Waals surface area contributed by atoms with Crippen molar-refractivity contribution < 1.29 is 13.9 Å². The highest BCUT2D eigenvalue weighted by Crippen LogP contribution is 2.48. The van der Waals surface area contributed by atoms with Gasteiger partial charge in [-0.1, -0.05) is 13.3 Å². The maximum absolute atomic E-state index is 15.1. The molecule has 2 aliphatic carbocycles. The number of carbonyl (C=O) groups excluding carboxylic acids is 1. The number of hydrogen-bond donors (Lipinski definition) is 1. The second-order valence-corrected chi connectivity index (χ2v) is 10.3. The third-order valence-electron chi connectivity index (χ3n) is 7.94. The predicted molar refractivity (Wildman–Crippen MR) is 135 cm³/mol. The van der Waals surface area contributed by atoms with Gasteiger partial charge in [-0.2, -0.15) is 5.10 Å². The van der Waals surface area contributed by atoms with Gasteiger partial charge in [0.2, 0.25) is 5.91 Å². The average Bonchev–Trinajstić information content (AvgIpc) is 3.52. The number of carbonyl (C=O) groups is 1. The first-order valence-corrected chi connectivity index (χ1v) is 12.9. The number of anilines is 1. The van der Waals surface area contributed by atoms with E-state index in [9.17, 15) is 4.79 Å². The van der Waals surface area contributed by atoms with Crippen molar-refractivity contribution >= 4 is 23.0 Å². The third-order valence-corrected chi connectivity index (χ3v) is 7.94. The number of benzene rings is 1. The number of morpholine rings is 1. The van der Waals surface area contributed by atoms with Crippen LogP contribution in [-0.2, 0) is 22.4 Å². The lowest BCUT2D eigenvalue weighted by Crippen LogP contribution is -2.50. The summed E-state index contributed by atoms with van der Waals surface area (Å²) >= 11 is 0. The molecule has 7 nitrogen and oxygen atoms in total. The number of nitrogens with zero attached hydrogens (tertiary/aromatic N) is 4. The summed E-state index contributed by atoms with van der Waals surface area (Å²) in [6.07, 6.45) is 5.11. The Bertz CT molecular complexity index is 1140. The summed E-state index contributed by atoms with van der Waals surface area (Å²) in [4.78, 5) is 21.8. The monoisotopic (exact) mass is 481 g/mol. The Morgan fingerprint density at radius 3 is 2.80 bits per heavy atom. The van der Waals surface area contributed by atoms with E-state index in [0.717, 1.165) is 48.9 Å². The number of nitrogens with one attached hydrogen (secondary N) is 1. The van der Waals surface area contributed by atoms with Crippen LogP contribution in [0.4, 0.5) is 15.8 Å². The van der Waals surface area contributed by atoms with Gasteiger partial charge in [0.15, 0.2) is 0 Å². The van der Waals surface area contributed by atoms with Gasteiger partial charge in [-0.3, -0.25) is 19.8 Å².